The van der Waals surface area contributed by atoms with Gasteiger partial charge in [-0.15, -0.1) is 12.4 Å². The first-order valence-electron chi connectivity index (χ1n) is 6.24. The van der Waals surface area contributed by atoms with E-state index >= 15 is 0 Å². The lowest BCUT2D eigenvalue weighted by Gasteiger charge is -2.26. The van der Waals surface area contributed by atoms with Crippen LogP contribution in [-0.2, 0) is 11.3 Å². The number of carbonyl (C=O) groups excluding carboxylic acids is 1. The van der Waals surface area contributed by atoms with Crippen LogP contribution in [0, 0.1) is 11.7 Å². The smallest absolute Gasteiger partial charge is 0.240 e. The molecule has 2 N–H and O–H groups in total. The van der Waals surface area contributed by atoms with E-state index in [1.54, 1.807) is 17.0 Å². The van der Waals surface area contributed by atoms with Crippen molar-refractivity contribution in [3.63, 3.8) is 0 Å². The number of nitrogens with two attached hydrogens (primary N) is 1. The molecule has 108 valence electrons. The molecule has 5 heteroatoms. The Morgan fingerprint density at radius 1 is 1.42 bits per heavy atom. The van der Waals surface area contributed by atoms with Crippen LogP contribution in [0.3, 0.4) is 0 Å². The lowest BCUT2D eigenvalue weighted by Crippen LogP contribution is -2.46. The third-order valence-corrected chi connectivity index (χ3v) is 2.96. The van der Waals surface area contributed by atoms with Crippen molar-refractivity contribution in [1.29, 1.82) is 0 Å². The average molecular weight is 289 g/mol. The zero-order chi connectivity index (χ0) is 13.7. The molecule has 0 fully saturated rings. The Morgan fingerprint density at radius 3 is 2.53 bits per heavy atom. The van der Waals surface area contributed by atoms with Gasteiger partial charge in [0.1, 0.15) is 5.82 Å². The topological polar surface area (TPSA) is 46.3 Å². The largest absolute Gasteiger partial charge is 0.337 e. The first-order valence-corrected chi connectivity index (χ1v) is 6.24. The maximum absolute atomic E-state index is 13.1. The summed E-state index contributed by atoms with van der Waals surface area (Å²) in [7, 11) is 0. The minimum atomic E-state index is -0.501. The van der Waals surface area contributed by atoms with Crippen LogP contribution in [0.15, 0.2) is 24.3 Å². The molecule has 0 aliphatic carbocycles. The molecule has 1 rings (SSSR count). The molecule has 0 spiro atoms. The molecule has 1 amide bonds. The summed E-state index contributed by atoms with van der Waals surface area (Å²) < 4.78 is 13.1. The molecule has 1 atom stereocenters. The zero-order valence-electron chi connectivity index (χ0n) is 11.6. The first kappa shape index (κ1) is 17.9. The van der Waals surface area contributed by atoms with Crippen LogP contribution < -0.4 is 5.73 Å². The van der Waals surface area contributed by atoms with E-state index in [1.807, 2.05) is 20.8 Å². The Kier molecular flexibility index (Phi) is 7.64. The fraction of sp³-hybridized carbons (Fsp3) is 0.500. The van der Waals surface area contributed by atoms with Gasteiger partial charge in [-0.2, -0.15) is 0 Å². The van der Waals surface area contributed by atoms with Crippen molar-refractivity contribution in [2.24, 2.45) is 11.7 Å². The molecule has 19 heavy (non-hydrogen) atoms. The number of rotatable bonds is 5. The van der Waals surface area contributed by atoms with Crippen molar-refractivity contribution in [2.75, 3.05) is 6.54 Å². The molecule has 0 aliphatic rings. The second-order valence-corrected chi connectivity index (χ2v) is 4.75. The van der Waals surface area contributed by atoms with Gasteiger partial charge in [0.15, 0.2) is 0 Å². The summed E-state index contributed by atoms with van der Waals surface area (Å²) in [6, 6.07) is 5.78. The highest BCUT2D eigenvalue weighted by molar-refractivity contribution is 5.85. The lowest BCUT2D eigenvalue weighted by atomic mass is 10.0. The van der Waals surface area contributed by atoms with Crippen LogP contribution in [0.1, 0.15) is 26.3 Å². The first-order chi connectivity index (χ1) is 8.45. The van der Waals surface area contributed by atoms with E-state index in [0.29, 0.717) is 13.1 Å². The van der Waals surface area contributed by atoms with Gasteiger partial charge in [-0.3, -0.25) is 4.79 Å². The van der Waals surface area contributed by atoms with Crippen molar-refractivity contribution in [3.8, 4) is 0 Å². The summed E-state index contributed by atoms with van der Waals surface area (Å²) in [5.74, 6) is -0.278. The van der Waals surface area contributed by atoms with E-state index in [2.05, 4.69) is 0 Å². The van der Waals surface area contributed by atoms with Gasteiger partial charge in [-0.05, 0) is 30.5 Å². The van der Waals surface area contributed by atoms with Crippen molar-refractivity contribution >= 4 is 18.3 Å². The molecule has 0 aromatic heterocycles. The number of nitrogens with zero attached hydrogens (tertiary/aromatic N) is 1. The van der Waals surface area contributed by atoms with Crippen LogP contribution in [0.5, 0.6) is 0 Å². The highest BCUT2D eigenvalue weighted by Crippen LogP contribution is 2.10. The predicted molar refractivity (Wildman–Crippen MR) is 77.6 cm³/mol. The van der Waals surface area contributed by atoms with Gasteiger partial charge < -0.3 is 10.6 Å². The Bertz CT molecular complexity index is 412. The number of hydrogen-bond donors (Lipinski definition) is 1. The summed E-state index contributed by atoms with van der Waals surface area (Å²) in [5, 5.41) is 0. The van der Waals surface area contributed by atoms with E-state index in [9.17, 15) is 9.18 Å². The molecule has 3 nitrogen and oxygen atoms in total. The van der Waals surface area contributed by atoms with E-state index < -0.39 is 6.04 Å². The molecule has 0 saturated carbocycles. The Labute approximate surface area is 120 Å². The summed E-state index contributed by atoms with van der Waals surface area (Å²) in [4.78, 5) is 13.8. The van der Waals surface area contributed by atoms with Crippen molar-refractivity contribution in [1.82, 2.24) is 4.90 Å². The molecule has 0 radical (unpaired) electrons. The summed E-state index contributed by atoms with van der Waals surface area (Å²) in [6.45, 7) is 6.69. The number of benzene rings is 1. The van der Waals surface area contributed by atoms with Gasteiger partial charge in [0, 0.05) is 13.1 Å². The van der Waals surface area contributed by atoms with Crippen LogP contribution >= 0.6 is 12.4 Å². The second kappa shape index (κ2) is 8.12. The van der Waals surface area contributed by atoms with E-state index in [0.717, 1.165) is 5.56 Å². The second-order valence-electron chi connectivity index (χ2n) is 4.75. The van der Waals surface area contributed by atoms with Crippen LogP contribution in [0.4, 0.5) is 4.39 Å². The van der Waals surface area contributed by atoms with Crippen LogP contribution in [0.2, 0.25) is 0 Å². The van der Waals surface area contributed by atoms with E-state index in [-0.39, 0.29) is 30.0 Å². The summed E-state index contributed by atoms with van der Waals surface area (Å²) in [6.07, 6.45) is 0. The molecule has 1 aromatic rings. The number of halogens is 2. The normalized spacial score (nSPS) is 11.9. The summed E-state index contributed by atoms with van der Waals surface area (Å²) in [5.41, 5.74) is 6.63. The van der Waals surface area contributed by atoms with E-state index in [4.69, 9.17) is 5.73 Å². The SMILES string of the molecule is CCN(Cc1cccc(F)c1)C(=O)[C@H](N)C(C)C.Cl. The quantitative estimate of drug-likeness (QED) is 0.905. The monoisotopic (exact) mass is 288 g/mol. The van der Waals surface area contributed by atoms with Crippen LogP contribution in [0.25, 0.3) is 0 Å². The molecule has 0 unspecified atom stereocenters. The average Bonchev–Trinajstić information content (AvgIpc) is 2.34. The van der Waals surface area contributed by atoms with Gasteiger partial charge in [0.25, 0.3) is 0 Å². The molecule has 1 aromatic carbocycles. The Hall–Kier alpha value is -1.13. The molecule has 0 bridgehead atoms. The van der Waals surface area contributed by atoms with E-state index in [1.165, 1.54) is 12.1 Å². The third kappa shape index (κ3) is 5.17. The minimum Gasteiger partial charge on any atom is -0.337 e. The van der Waals surface area contributed by atoms with Gasteiger partial charge >= 0.3 is 0 Å². The maximum Gasteiger partial charge on any atom is 0.240 e. The standard InChI is InChI=1S/C14H21FN2O.ClH/c1-4-17(14(18)13(16)10(2)3)9-11-6-5-7-12(15)8-11;/h5-8,10,13H,4,9,16H2,1-3H3;1H/t13-;/m1./s1. The minimum absolute atomic E-state index is 0. The molecule has 0 saturated heterocycles. The number of hydrogen-bond acceptors (Lipinski definition) is 2. The molecule has 0 heterocycles. The molecular formula is C14H22ClFN2O. The van der Waals surface area contributed by atoms with Gasteiger partial charge in [-0.1, -0.05) is 26.0 Å². The van der Waals surface area contributed by atoms with Crippen molar-refractivity contribution in [2.45, 2.75) is 33.4 Å². The zero-order valence-corrected chi connectivity index (χ0v) is 12.4. The Balaban J connectivity index is 0.00000324. The Morgan fingerprint density at radius 2 is 2.05 bits per heavy atom. The van der Waals surface area contributed by atoms with Crippen molar-refractivity contribution < 1.29 is 9.18 Å². The number of likely N-dealkylation sites (N-methyl/N-ethyl adjacent to an activating group) is 1. The highest BCUT2D eigenvalue weighted by Gasteiger charge is 2.22. The number of amides is 1. The predicted octanol–water partition coefficient (Wildman–Crippen LogP) is 2.58. The van der Waals surface area contributed by atoms with Crippen molar-refractivity contribution in [3.05, 3.63) is 35.6 Å². The van der Waals surface area contributed by atoms with Gasteiger partial charge in [0.2, 0.25) is 5.91 Å². The summed E-state index contributed by atoms with van der Waals surface area (Å²) >= 11 is 0. The fourth-order valence-electron chi connectivity index (χ4n) is 1.70. The van der Waals surface area contributed by atoms with Gasteiger partial charge in [0.05, 0.1) is 6.04 Å². The van der Waals surface area contributed by atoms with Gasteiger partial charge in [-0.25, -0.2) is 4.39 Å². The number of carbonyl (C=O) groups is 1. The third-order valence-electron chi connectivity index (χ3n) is 2.96. The fourth-order valence-corrected chi connectivity index (χ4v) is 1.70. The lowest BCUT2D eigenvalue weighted by molar-refractivity contribution is -0.134. The van der Waals surface area contributed by atoms with Crippen LogP contribution in [-0.4, -0.2) is 23.4 Å². The molecular weight excluding hydrogens is 267 g/mol. The maximum atomic E-state index is 13.1. The molecule has 0 aliphatic heterocycles. The highest BCUT2D eigenvalue weighted by atomic mass is 35.5.